The first-order valence-electron chi connectivity index (χ1n) is 9.86. The van der Waals surface area contributed by atoms with Gasteiger partial charge in [-0.1, -0.05) is 88.4 Å². The van der Waals surface area contributed by atoms with Crippen molar-refractivity contribution in [3.05, 3.63) is 77.4 Å². The zero-order chi connectivity index (χ0) is 20.7. The Kier molecular flexibility index (Phi) is 5.35. The molecule has 1 heterocycles. The molecule has 2 aromatic rings. The minimum absolute atomic E-state index is 0.127. The lowest BCUT2D eigenvalue weighted by Crippen LogP contribution is -2.58. The number of aryl methyl sites for hydroxylation is 1. The van der Waals surface area contributed by atoms with Crippen molar-refractivity contribution in [3.63, 3.8) is 0 Å². The summed E-state index contributed by atoms with van der Waals surface area (Å²) in [5.41, 5.74) is 3.40. The number of methoxy groups -OCH3 is 1. The molecule has 0 saturated carbocycles. The molecule has 28 heavy (non-hydrogen) atoms. The number of ether oxygens (including phenoxy) is 2. The van der Waals surface area contributed by atoms with Gasteiger partial charge in [0.05, 0.1) is 0 Å². The first kappa shape index (κ1) is 20.5. The van der Waals surface area contributed by atoms with E-state index in [2.05, 4.69) is 34.3 Å². The van der Waals surface area contributed by atoms with E-state index in [1.165, 1.54) is 7.11 Å². The average Bonchev–Trinajstić information content (AvgIpc) is 2.68. The Morgan fingerprint density at radius 1 is 1.00 bits per heavy atom. The highest BCUT2D eigenvalue weighted by Gasteiger charge is 2.58. The lowest BCUT2D eigenvalue weighted by atomic mass is 9.69. The predicted molar refractivity (Wildman–Crippen MR) is 113 cm³/mol. The van der Waals surface area contributed by atoms with Gasteiger partial charge < -0.3 is 9.47 Å². The number of benzene rings is 2. The smallest absolute Gasteiger partial charge is 0.261 e. The molecule has 1 atom stereocenters. The molecule has 148 valence electrons. The van der Waals surface area contributed by atoms with E-state index in [9.17, 15) is 4.79 Å². The van der Waals surface area contributed by atoms with Crippen LogP contribution in [0.5, 0.6) is 0 Å². The fourth-order valence-corrected chi connectivity index (χ4v) is 4.46. The summed E-state index contributed by atoms with van der Waals surface area (Å²) in [7, 11) is 1.52. The van der Waals surface area contributed by atoms with Crippen molar-refractivity contribution >= 4 is 11.4 Å². The summed E-state index contributed by atoms with van der Waals surface area (Å²) in [5.74, 6) is -1.50. The van der Waals surface area contributed by atoms with Crippen LogP contribution in [0.3, 0.4) is 0 Å². The molecule has 1 unspecified atom stereocenters. The van der Waals surface area contributed by atoms with Crippen LogP contribution in [0.2, 0.25) is 0 Å². The van der Waals surface area contributed by atoms with E-state index in [0.29, 0.717) is 11.1 Å². The van der Waals surface area contributed by atoms with E-state index in [1.54, 1.807) is 0 Å². The van der Waals surface area contributed by atoms with Gasteiger partial charge in [0.2, 0.25) is 5.78 Å². The van der Waals surface area contributed by atoms with Crippen molar-refractivity contribution in [2.75, 3.05) is 7.11 Å². The molecule has 0 N–H and O–H groups in total. The monoisotopic (exact) mass is 378 g/mol. The molecule has 1 aliphatic rings. The van der Waals surface area contributed by atoms with Gasteiger partial charge in [0.15, 0.2) is 0 Å². The molecule has 0 aromatic heterocycles. The minimum Gasteiger partial charge on any atom is -0.343 e. The van der Waals surface area contributed by atoms with E-state index >= 15 is 0 Å². The number of hydrogen-bond donors (Lipinski definition) is 0. The molecule has 3 nitrogen and oxygen atoms in total. The molecule has 2 aromatic carbocycles. The van der Waals surface area contributed by atoms with E-state index in [4.69, 9.17) is 9.47 Å². The van der Waals surface area contributed by atoms with Gasteiger partial charge in [-0.05, 0) is 29.9 Å². The van der Waals surface area contributed by atoms with Crippen LogP contribution in [0.4, 0.5) is 0 Å². The first-order valence-corrected chi connectivity index (χ1v) is 9.86. The van der Waals surface area contributed by atoms with E-state index in [0.717, 1.165) is 16.7 Å². The molecular formula is C25H30O3. The molecule has 0 bridgehead atoms. The Balaban J connectivity index is 2.27. The van der Waals surface area contributed by atoms with Gasteiger partial charge >= 0.3 is 0 Å². The third kappa shape index (κ3) is 2.85. The summed E-state index contributed by atoms with van der Waals surface area (Å²) in [6.45, 7) is 14.8. The summed E-state index contributed by atoms with van der Waals surface area (Å²) in [6.07, 6.45) is 0. The standard InChI is InChI=1S/C25H30O3/c1-16(2)24(17(3)4)22-11-9-8-10-21(22)23(26)25(27-7,28-24)19(6)20-14-12-18(5)13-15-20/h8-17H,6H2,1-5,7H3. The molecular weight excluding hydrogens is 348 g/mol. The molecule has 3 rings (SSSR count). The second-order valence-corrected chi connectivity index (χ2v) is 8.24. The molecule has 0 aliphatic carbocycles. The largest absolute Gasteiger partial charge is 0.343 e. The summed E-state index contributed by atoms with van der Waals surface area (Å²) >= 11 is 0. The van der Waals surface area contributed by atoms with Crippen LogP contribution in [-0.2, 0) is 15.1 Å². The third-order valence-corrected chi connectivity index (χ3v) is 6.00. The number of hydrogen-bond acceptors (Lipinski definition) is 3. The predicted octanol–water partition coefficient (Wildman–Crippen LogP) is 5.77. The van der Waals surface area contributed by atoms with Crippen LogP contribution in [-0.4, -0.2) is 18.7 Å². The summed E-state index contributed by atoms with van der Waals surface area (Å²) < 4.78 is 12.6. The molecule has 0 amide bonds. The van der Waals surface area contributed by atoms with Gasteiger partial charge in [0, 0.05) is 18.2 Å². The van der Waals surface area contributed by atoms with Gasteiger partial charge in [-0.3, -0.25) is 4.79 Å². The molecule has 0 spiro atoms. The highest BCUT2D eigenvalue weighted by Crippen LogP contribution is 2.52. The fourth-order valence-electron chi connectivity index (χ4n) is 4.46. The highest BCUT2D eigenvalue weighted by molar-refractivity contribution is 6.11. The SMILES string of the molecule is C=C(c1ccc(C)cc1)C1(OC)OC(C(C)C)(C(C)C)c2ccccc2C1=O. The van der Waals surface area contributed by atoms with Gasteiger partial charge in [-0.25, -0.2) is 0 Å². The lowest BCUT2D eigenvalue weighted by molar-refractivity contribution is -0.255. The number of fused-ring (bicyclic) bond motifs is 1. The maximum absolute atomic E-state index is 13.7. The van der Waals surface area contributed by atoms with E-state index in [1.807, 2.05) is 55.5 Å². The number of rotatable bonds is 5. The number of ketones is 1. The van der Waals surface area contributed by atoms with Crippen LogP contribution < -0.4 is 0 Å². The Hall–Kier alpha value is -2.23. The van der Waals surface area contributed by atoms with Gasteiger partial charge in [0.1, 0.15) is 5.60 Å². The fraction of sp³-hybridized carbons (Fsp3) is 0.400. The second kappa shape index (κ2) is 7.31. The average molecular weight is 379 g/mol. The number of carbonyl (C=O) groups excluding carboxylic acids is 1. The summed E-state index contributed by atoms with van der Waals surface area (Å²) in [6, 6.07) is 15.7. The van der Waals surface area contributed by atoms with Crippen LogP contribution >= 0.6 is 0 Å². The van der Waals surface area contributed by atoms with Crippen molar-refractivity contribution in [2.24, 2.45) is 11.8 Å². The number of carbonyl (C=O) groups is 1. The van der Waals surface area contributed by atoms with E-state index in [-0.39, 0.29) is 17.6 Å². The number of Topliss-reactive ketones (excluding diaryl/α,β-unsaturated/α-hetero) is 1. The summed E-state index contributed by atoms with van der Waals surface area (Å²) in [5, 5.41) is 0. The normalized spacial score (nSPS) is 21.1. The second-order valence-electron chi connectivity index (χ2n) is 8.24. The molecule has 1 aliphatic heterocycles. The van der Waals surface area contributed by atoms with Crippen molar-refractivity contribution in [3.8, 4) is 0 Å². The Labute approximate surface area is 168 Å². The van der Waals surface area contributed by atoms with Crippen LogP contribution in [0.15, 0.2) is 55.1 Å². The Bertz CT molecular complexity index is 884. The quantitative estimate of drug-likeness (QED) is 0.662. The zero-order valence-corrected chi connectivity index (χ0v) is 17.7. The van der Waals surface area contributed by atoms with Crippen molar-refractivity contribution in [1.29, 1.82) is 0 Å². The molecule has 3 heteroatoms. The van der Waals surface area contributed by atoms with Crippen LogP contribution in [0.1, 0.15) is 54.7 Å². The van der Waals surface area contributed by atoms with Crippen molar-refractivity contribution in [2.45, 2.75) is 46.0 Å². The minimum atomic E-state index is -1.56. The van der Waals surface area contributed by atoms with E-state index < -0.39 is 11.4 Å². The van der Waals surface area contributed by atoms with Crippen molar-refractivity contribution < 1.29 is 14.3 Å². The van der Waals surface area contributed by atoms with Gasteiger partial charge in [-0.2, -0.15) is 0 Å². The topological polar surface area (TPSA) is 35.5 Å². The maximum atomic E-state index is 13.7. The molecule has 0 fully saturated rings. The van der Waals surface area contributed by atoms with Gasteiger partial charge in [-0.15, -0.1) is 0 Å². The zero-order valence-electron chi connectivity index (χ0n) is 17.7. The third-order valence-electron chi connectivity index (χ3n) is 6.00. The first-order chi connectivity index (χ1) is 13.2. The lowest BCUT2D eigenvalue weighted by Gasteiger charge is -2.52. The molecule has 0 radical (unpaired) electrons. The van der Waals surface area contributed by atoms with Crippen LogP contribution in [0.25, 0.3) is 5.57 Å². The molecule has 0 saturated heterocycles. The summed E-state index contributed by atoms with van der Waals surface area (Å²) in [4.78, 5) is 13.7. The van der Waals surface area contributed by atoms with Crippen molar-refractivity contribution in [1.82, 2.24) is 0 Å². The van der Waals surface area contributed by atoms with Gasteiger partial charge in [0.25, 0.3) is 5.79 Å². The Morgan fingerprint density at radius 2 is 1.57 bits per heavy atom. The van der Waals surface area contributed by atoms with Crippen LogP contribution in [0, 0.1) is 18.8 Å². The maximum Gasteiger partial charge on any atom is 0.261 e. The highest BCUT2D eigenvalue weighted by atomic mass is 16.7. The Morgan fingerprint density at radius 3 is 2.11 bits per heavy atom.